The number of carbonyl (C=O) groups is 2. The first-order chi connectivity index (χ1) is 16.5. The Kier molecular flexibility index (Phi) is 7.60. The maximum absolute atomic E-state index is 12.8. The normalized spacial score (nSPS) is 14.0. The topological polar surface area (TPSA) is 61.9 Å². The molecule has 176 valence electrons. The van der Waals surface area contributed by atoms with E-state index in [1.54, 1.807) is 0 Å². The molecule has 1 N–H and O–H groups in total. The van der Waals surface area contributed by atoms with Crippen molar-refractivity contribution in [2.45, 2.75) is 13.8 Å². The van der Waals surface area contributed by atoms with Crippen LogP contribution in [0.1, 0.15) is 11.1 Å². The molecule has 6 nitrogen and oxygen atoms in total. The second-order valence-corrected chi connectivity index (χ2v) is 8.62. The van der Waals surface area contributed by atoms with E-state index < -0.39 is 0 Å². The third-order valence-corrected chi connectivity index (χ3v) is 6.16. The van der Waals surface area contributed by atoms with Gasteiger partial charge in [0.25, 0.3) is 5.91 Å². The number of hydrogen-bond donors (Lipinski definition) is 1. The Balaban J connectivity index is 1.26. The Hall–Kier alpha value is -3.64. The maximum atomic E-state index is 12.8. The summed E-state index contributed by atoms with van der Waals surface area (Å²) >= 11 is 0. The summed E-state index contributed by atoms with van der Waals surface area (Å²) in [6.07, 6.45) is 0. The van der Waals surface area contributed by atoms with E-state index in [4.69, 9.17) is 4.74 Å². The van der Waals surface area contributed by atoms with Crippen LogP contribution in [-0.4, -0.2) is 60.9 Å². The molecular formula is C28H31N3O3. The summed E-state index contributed by atoms with van der Waals surface area (Å²) in [7, 11) is 0. The van der Waals surface area contributed by atoms with E-state index >= 15 is 0 Å². The van der Waals surface area contributed by atoms with Crippen LogP contribution >= 0.6 is 0 Å². The average molecular weight is 458 g/mol. The molecule has 0 saturated carbocycles. The van der Waals surface area contributed by atoms with Gasteiger partial charge in [0.2, 0.25) is 5.91 Å². The fraction of sp³-hybridized carbons (Fsp3) is 0.286. The molecule has 34 heavy (non-hydrogen) atoms. The number of hydrogen-bond acceptors (Lipinski definition) is 4. The molecule has 0 radical (unpaired) electrons. The van der Waals surface area contributed by atoms with Gasteiger partial charge in [-0.2, -0.15) is 0 Å². The van der Waals surface area contributed by atoms with Gasteiger partial charge in [-0.25, -0.2) is 0 Å². The van der Waals surface area contributed by atoms with Gasteiger partial charge < -0.3 is 15.0 Å². The predicted molar refractivity (Wildman–Crippen MR) is 135 cm³/mol. The fourth-order valence-electron chi connectivity index (χ4n) is 4.23. The fourth-order valence-corrected chi connectivity index (χ4v) is 4.23. The molecule has 1 heterocycles. The van der Waals surface area contributed by atoms with Crippen LogP contribution < -0.4 is 10.1 Å². The first-order valence-electron chi connectivity index (χ1n) is 11.6. The smallest absolute Gasteiger partial charge is 0.260 e. The van der Waals surface area contributed by atoms with Crippen LogP contribution in [0, 0.1) is 13.8 Å². The van der Waals surface area contributed by atoms with Gasteiger partial charge in [0, 0.05) is 37.4 Å². The molecule has 4 rings (SSSR count). The summed E-state index contributed by atoms with van der Waals surface area (Å²) < 4.78 is 5.92. The standard InChI is InChI=1S/C28H31N3O3/c1-21-9-8-10-22(2)28(21)29-26(32)19-30-15-17-31(18-16-30)27(33)20-34-25-14-7-6-13-24(25)23-11-4-3-5-12-23/h3-14H,15-20H2,1-2H3,(H,29,32). The minimum absolute atomic E-state index is 0.00308. The van der Waals surface area contributed by atoms with Crippen LogP contribution in [0.15, 0.2) is 72.8 Å². The number of ether oxygens (including phenoxy) is 1. The minimum Gasteiger partial charge on any atom is -0.483 e. The monoisotopic (exact) mass is 457 g/mol. The van der Waals surface area contributed by atoms with Crippen LogP contribution in [0.5, 0.6) is 5.75 Å². The summed E-state index contributed by atoms with van der Waals surface area (Å²) in [5, 5.41) is 3.04. The SMILES string of the molecule is Cc1cccc(C)c1NC(=O)CN1CCN(C(=O)COc2ccccc2-c2ccccc2)CC1. The molecule has 3 aromatic rings. The summed E-state index contributed by atoms with van der Waals surface area (Å²) in [6.45, 7) is 6.78. The zero-order valence-corrected chi connectivity index (χ0v) is 19.8. The Morgan fingerprint density at radius 2 is 1.47 bits per heavy atom. The molecule has 0 atom stereocenters. The Bertz CT molecular complexity index is 1120. The van der Waals surface area contributed by atoms with Crippen molar-refractivity contribution >= 4 is 17.5 Å². The second kappa shape index (κ2) is 11.0. The van der Waals surface area contributed by atoms with Crippen LogP contribution in [-0.2, 0) is 9.59 Å². The molecule has 0 unspecified atom stereocenters. The maximum Gasteiger partial charge on any atom is 0.260 e. The van der Waals surface area contributed by atoms with E-state index in [1.165, 1.54) is 0 Å². The molecule has 6 heteroatoms. The lowest BCUT2D eigenvalue weighted by molar-refractivity contribution is -0.135. The molecule has 0 aliphatic carbocycles. The quantitative estimate of drug-likeness (QED) is 0.580. The zero-order valence-electron chi connectivity index (χ0n) is 19.8. The van der Waals surface area contributed by atoms with Gasteiger partial charge in [0.05, 0.1) is 6.54 Å². The van der Waals surface area contributed by atoms with Crippen molar-refractivity contribution in [1.29, 1.82) is 0 Å². The van der Waals surface area contributed by atoms with E-state index in [9.17, 15) is 9.59 Å². The van der Waals surface area contributed by atoms with Gasteiger partial charge in [-0.15, -0.1) is 0 Å². The average Bonchev–Trinajstić information content (AvgIpc) is 2.86. The molecule has 1 aliphatic heterocycles. The predicted octanol–water partition coefficient (Wildman–Crippen LogP) is 4.13. The lowest BCUT2D eigenvalue weighted by atomic mass is 10.1. The van der Waals surface area contributed by atoms with Crippen molar-refractivity contribution in [3.8, 4) is 16.9 Å². The molecule has 0 bridgehead atoms. The Morgan fingerprint density at radius 3 is 2.18 bits per heavy atom. The first kappa shape index (κ1) is 23.5. The highest BCUT2D eigenvalue weighted by atomic mass is 16.5. The van der Waals surface area contributed by atoms with E-state index in [0.717, 1.165) is 27.9 Å². The van der Waals surface area contributed by atoms with Gasteiger partial charge in [0.1, 0.15) is 5.75 Å². The number of carbonyl (C=O) groups excluding carboxylic acids is 2. The summed E-state index contributed by atoms with van der Waals surface area (Å²) in [4.78, 5) is 29.2. The van der Waals surface area contributed by atoms with Gasteiger partial charge in [-0.1, -0.05) is 66.7 Å². The number of para-hydroxylation sites is 2. The van der Waals surface area contributed by atoms with E-state index in [-0.39, 0.29) is 18.4 Å². The van der Waals surface area contributed by atoms with Crippen molar-refractivity contribution in [2.75, 3.05) is 44.6 Å². The Morgan fingerprint density at radius 1 is 0.824 bits per heavy atom. The molecule has 3 aromatic carbocycles. The third-order valence-electron chi connectivity index (χ3n) is 6.16. The van der Waals surface area contributed by atoms with E-state index in [2.05, 4.69) is 10.2 Å². The molecule has 2 amide bonds. The third kappa shape index (κ3) is 5.83. The number of aryl methyl sites for hydroxylation is 2. The van der Waals surface area contributed by atoms with E-state index in [0.29, 0.717) is 38.5 Å². The van der Waals surface area contributed by atoms with Crippen molar-refractivity contribution in [1.82, 2.24) is 9.80 Å². The molecule has 1 fully saturated rings. The van der Waals surface area contributed by atoms with Crippen LogP contribution in [0.2, 0.25) is 0 Å². The molecule has 1 aliphatic rings. The summed E-state index contributed by atoms with van der Waals surface area (Å²) in [6, 6.07) is 23.7. The second-order valence-electron chi connectivity index (χ2n) is 8.62. The van der Waals surface area contributed by atoms with Crippen LogP contribution in [0.3, 0.4) is 0 Å². The molecule has 0 spiro atoms. The lowest BCUT2D eigenvalue weighted by Gasteiger charge is -2.34. The number of nitrogens with zero attached hydrogens (tertiary/aromatic N) is 2. The number of nitrogens with one attached hydrogen (secondary N) is 1. The van der Waals surface area contributed by atoms with Gasteiger partial charge in [0.15, 0.2) is 6.61 Å². The minimum atomic E-state index is -0.0394. The summed E-state index contributed by atoms with van der Waals surface area (Å²) in [5.74, 6) is 0.629. The largest absolute Gasteiger partial charge is 0.483 e. The molecular weight excluding hydrogens is 426 g/mol. The van der Waals surface area contributed by atoms with E-state index in [1.807, 2.05) is 91.5 Å². The Labute approximate surface area is 201 Å². The van der Waals surface area contributed by atoms with Crippen molar-refractivity contribution in [3.63, 3.8) is 0 Å². The molecule has 0 aromatic heterocycles. The van der Waals surface area contributed by atoms with Crippen molar-refractivity contribution in [2.24, 2.45) is 0 Å². The number of benzene rings is 3. The highest BCUT2D eigenvalue weighted by Crippen LogP contribution is 2.29. The zero-order chi connectivity index (χ0) is 23.9. The lowest BCUT2D eigenvalue weighted by Crippen LogP contribution is -2.51. The van der Waals surface area contributed by atoms with Gasteiger partial charge in [-0.05, 0) is 36.6 Å². The first-order valence-corrected chi connectivity index (χ1v) is 11.6. The van der Waals surface area contributed by atoms with Crippen LogP contribution in [0.4, 0.5) is 5.69 Å². The highest BCUT2D eigenvalue weighted by Gasteiger charge is 2.23. The van der Waals surface area contributed by atoms with Gasteiger partial charge >= 0.3 is 0 Å². The number of amides is 2. The van der Waals surface area contributed by atoms with Gasteiger partial charge in [-0.3, -0.25) is 14.5 Å². The summed E-state index contributed by atoms with van der Waals surface area (Å²) in [5.41, 5.74) is 5.01. The number of rotatable bonds is 7. The van der Waals surface area contributed by atoms with Crippen molar-refractivity contribution < 1.29 is 14.3 Å². The van der Waals surface area contributed by atoms with Crippen molar-refractivity contribution in [3.05, 3.63) is 83.9 Å². The highest BCUT2D eigenvalue weighted by molar-refractivity contribution is 5.93. The number of piperazine rings is 1. The number of anilines is 1. The van der Waals surface area contributed by atoms with Crippen LogP contribution in [0.25, 0.3) is 11.1 Å². The molecule has 1 saturated heterocycles.